The van der Waals surface area contributed by atoms with Gasteiger partial charge in [0, 0.05) is 5.02 Å². The van der Waals surface area contributed by atoms with Crippen LogP contribution in [0.5, 0.6) is 0 Å². The van der Waals surface area contributed by atoms with Crippen LogP contribution in [0.2, 0.25) is 5.02 Å². The first-order valence-electron chi connectivity index (χ1n) is 5.90. The maximum absolute atomic E-state index is 13.4. The van der Waals surface area contributed by atoms with E-state index in [0.717, 1.165) is 11.8 Å². The van der Waals surface area contributed by atoms with E-state index in [-0.39, 0.29) is 29.3 Å². The fourth-order valence-electron chi connectivity index (χ4n) is 1.30. The number of nitrogens with one attached hydrogen (secondary N) is 1. The minimum absolute atomic E-state index is 0.0212. The lowest BCUT2D eigenvalue weighted by molar-refractivity contribution is -0.144. The van der Waals surface area contributed by atoms with Crippen LogP contribution < -0.4 is 5.32 Å². The topological polar surface area (TPSA) is 55.4 Å². The number of esters is 1. The van der Waals surface area contributed by atoms with E-state index in [0.29, 0.717) is 5.02 Å². The second kappa shape index (κ2) is 8.11. The normalized spacial score (nSPS) is 10.4. The van der Waals surface area contributed by atoms with Gasteiger partial charge in [-0.25, -0.2) is 4.39 Å². The van der Waals surface area contributed by atoms with Gasteiger partial charge in [-0.15, -0.1) is 11.8 Å². The van der Waals surface area contributed by atoms with Gasteiger partial charge in [0.2, 0.25) is 5.91 Å². The summed E-state index contributed by atoms with van der Waals surface area (Å²) in [5, 5.41) is 2.72. The van der Waals surface area contributed by atoms with E-state index in [2.05, 4.69) is 5.32 Å². The molecule has 110 valence electrons. The third-order valence-corrected chi connectivity index (χ3v) is 3.16. The highest BCUT2D eigenvalue weighted by Gasteiger charge is 2.10. The Balaban J connectivity index is 2.37. The van der Waals surface area contributed by atoms with Crippen molar-refractivity contribution in [1.82, 2.24) is 0 Å². The standard InChI is InChI=1S/C13H15ClFNO3S/c1-8(2)19-13(18)7-20-6-12(17)16-11-5-9(14)3-4-10(11)15/h3-5,8H,6-7H2,1-2H3,(H,16,17). The lowest BCUT2D eigenvalue weighted by Crippen LogP contribution is -2.18. The number of hydrogen-bond acceptors (Lipinski definition) is 4. The fraction of sp³-hybridized carbons (Fsp3) is 0.385. The number of ether oxygens (including phenoxy) is 1. The highest BCUT2D eigenvalue weighted by molar-refractivity contribution is 8.00. The Morgan fingerprint density at radius 3 is 2.75 bits per heavy atom. The smallest absolute Gasteiger partial charge is 0.316 e. The molecule has 0 aliphatic carbocycles. The summed E-state index contributed by atoms with van der Waals surface area (Å²) in [4.78, 5) is 22.8. The molecular weight excluding hydrogens is 305 g/mol. The number of amides is 1. The van der Waals surface area contributed by atoms with Crippen LogP contribution in [0.3, 0.4) is 0 Å². The van der Waals surface area contributed by atoms with Crippen molar-refractivity contribution in [2.75, 3.05) is 16.8 Å². The minimum Gasteiger partial charge on any atom is -0.462 e. The van der Waals surface area contributed by atoms with E-state index in [4.69, 9.17) is 16.3 Å². The van der Waals surface area contributed by atoms with Crippen molar-refractivity contribution in [2.45, 2.75) is 20.0 Å². The molecule has 1 amide bonds. The number of carbonyl (C=O) groups excluding carboxylic acids is 2. The van der Waals surface area contributed by atoms with Crippen molar-refractivity contribution in [2.24, 2.45) is 0 Å². The second-order valence-corrected chi connectivity index (χ2v) is 5.63. The second-order valence-electron chi connectivity index (χ2n) is 4.20. The molecule has 0 heterocycles. The first kappa shape index (κ1) is 16.8. The number of thioether (sulfide) groups is 1. The minimum atomic E-state index is -0.563. The van der Waals surface area contributed by atoms with E-state index in [1.54, 1.807) is 13.8 Å². The van der Waals surface area contributed by atoms with Crippen molar-refractivity contribution >= 4 is 40.9 Å². The van der Waals surface area contributed by atoms with Gasteiger partial charge in [-0.2, -0.15) is 0 Å². The molecule has 1 N–H and O–H groups in total. The summed E-state index contributed by atoms with van der Waals surface area (Å²) in [6.45, 7) is 3.49. The van der Waals surface area contributed by atoms with Crippen molar-refractivity contribution in [3.05, 3.63) is 29.0 Å². The van der Waals surface area contributed by atoms with E-state index in [1.165, 1.54) is 18.2 Å². The zero-order valence-electron chi connectivity index (χ0n) is 11.1. The molecule has 0 atom stereocenters. The Labute approximate surface area is 126 Å². The lowest BCUT2D eigenvalue weighted by Gasteiger charge is -2.08. The van der Waals surface area contributed by atoms with Gasteiger partial charge in [0.05, 0.1) is 23.3 Å². The number of halogens is 2. The average molecular weight is 320 g/mol. The molecular formula is C13H15ClFNO3S. The van der Waals surface area contributed by atoms with Gasteiger partial charge in [0.25, 0.3) is 0 Å². The molecule has 1 aromatic carbocycles. The molecule has 0 saturated heterocycles. The van der Waals surface area contributed by atoms with Gasteiger partial charge in [0.15, 0.2) is 0 Å². The number of hydrogen-bond donors (Lipinski definition) is 1. The van der Waals surface area contributed by atoms with E-state index >= 15 is 0 Å². The molecule has 0 radical (unpaired) electrons. The molecule has 20 heavy (non-hydrogen) atoms. The van der Waals surface area contributed by atoms with Gasteiger partial charge in [0.1, 0.15) is 5.82 Å². The van der Waals surface area contributed by atoms with Crippen molar-refractivity contribution in [3.63, 3.8) is 0 Å². The molecule has 1 rings (SSSR count). The number of carbonyl (C=O) groups is 2. The van der Waals surface area contributed by atoms with Crippen LogP contribution in [-0.2, 0) is 14.3 Å². The number of anilines is 1. The van der Waals surface area contributed by atoms with E-state index in [9.17, 15) is 14.0 Å². The molecule has 0 bridgehead atoms. The lowest BCUT2D eigenvalue weighted by atomic mass is 10.3. The summed E-state index contributed by atoms with van der Waals surface area (Å²) >= 11 is 6.81. The van der Waals surface area contributed by atoms with Crippen LogP contribution in [0.4, 0.5) is 10.1 Å². The largest absolute Gasteiger partial charge is 0.462 e. The average Bonchev–Trinajstić information content (AvgIpc) is 2.33. The third-order valence-electron chi connectivity index (χ3n) is 2.02. The molecule has 0 unspecified atom stereocenters. The Bertz CT molecular complexity index is 497. The predicted molar refractivity (Wildman–Crippen MR) is 78.6 cm³/mol. The first-order chi connectivity index (χ1) is 9.38. The van der Waals surface area contributed by atoms with Crippen molar-refractivity contribution in [3.8, 4) is 0 Å². The summed E-state index contributed by atoms with van der Waals surface area (Å²) < 4.78 is 18.3. The molecule has 0 spiro atoms. The molecule has 0 fully saturated rings. The molecule has 0 aliphatic heterocycles. The van der Waals surface area contributed by atoms with Gasteiger partial charge >= 0.3 is 5.97 Å². The number of benzene rings is 1. The zero-order chi connectivity index (χ0) is 15.1. The summed E-state index contributed by atoms with van der Waals surface area (Å²) in [5.74, 6) is -1.25. The van der Waals surface area contributed by atoms with Gasteiger partial charge in [-0.1, -0.05) is 11.6 Å². The highest BCUT2D eigenvalue weighted by Crippen LogP contribution is 2.19. The third kappa shape index (κ3) is 6.25. The number of rotatable bonds is 6. The van der Waals surface area contributed by atoms with Gasteiger partial charge in [-0.05, 0) is 32.0 Å². The maximum Gasteiger partial charge on any atom is 0.316 e. The molecule has 0 aliphatic rings. The Kier molecular flexibility index (Phi) is 6.81. The fourth-order valence-corrected chi connectivity index (χ4v) is 2.07. The molecule has 0 aromatic heterocycles. The quantitative estimate of drug-likeness (QED) is 0.819. The van der Waals surface area contributed by atoms with Crippen molar-refractivity contribution < 1.29 is 18.7 Å². The summed E-state index contributed by atoms with van der Waals surface area (Å²) in [7, 11) is 0. The summed E-state index contributed by atoms with van der Waals surface area (Å²) in [6.07, 6.45) is -0.183. The van der Waals surface area contributed by atoms with Crippen LogP contribution in [-0.4, -0.2) is 29.5 Å². The van der Waals surface area contributed by atoms with Gasteiger partial charge in [-0.3, -0.25) is 9.59 Å². The Hall–Kier alpha value is -1.27. The summed E-state index contributed by atoms with van der Waals surface area (Å²) in [5.41, 5.74) is 0.0212. The van der Waals surface area contributed by atoms with Crippen LogP contribution in [0.15, 0.2) is 18.2 Å². The molecule has 0 saturated carbocycles. The first-order valence-corrected chi connectivity index (χ1v) is 7.44. The van der Waals surface area contributed by atoms with Crippen LogP contribution in [0, 0.1) is 5.82 Å². The SMILES string of the molecule is CC(C)OC(=O)CSCC(=O)Nc1cc(Cl)ccc1F. The van der Waals surface area contributed by atoms with Crippen LogP contribution in [0.25, 0.3) is 0 Å². The predicted octanol–water partition coefficient (Wildman–Crippen LogP) is 3.10. The van der Waals surface area contributed by atoms with Crippen LogP contribution >= 0.6 is 23.4 Å². The molecule has 4 nitrogen and oxygen atoms in total. The monoisotopic (exact) mass is 319 g/mol. The zero-order valence-corrected chi connectivity index (χ0v) is 12.7. The summed E-state index contributed by atoms with van der Waals surface area (Å²) in [6, 6.07) is 3.89. The Morgan fingerprint density at radius 1 is 1.40 bits per heavy atom. The highest BCUT2D eigenvalue weighted by atomic mass is 35.5. The molecule has 7 heteroatoms. The van der Waals surface area contributed by atoms with E-state index < -0.39 is 11.7 Å². The van der Waals surface area contributed by atoms with E-state index in [1.807, 2.05) is 0 Å². The molecule has 1 aromatic rings. The maximum atomic E-state index is 13.4. The van der Waals surface area contributed by atoms with Gasteiger partial charge < -0.3 is 10.1 Å². The van der Waals surface area contributed by atoms with Crippen molar-refractivity contribution in [1.29, 1.82) is 0 Å². The van der Waals surface area contributed by atoms with Crippen LogP contribution in [0.1, 0.15) is 13.8 Å². The Morgan fingerprint density at radius 2 is 2.10 bits per heavy atom.